The maximum Gasteiger partial charge on any atom is 0.221 e. The number of aromatic nitrogens is 2. The fourth-order valence-electron chi connectivity index (χ4n) is 3.29. The van der Waals surface area contributed by atoms with Crippen LogP contribution in [-0.4, -0.2) is 48.1 Å². The van der Waals surface area contributed by atoms with Gasteiger partial charge in [0.1, 0.15) is 0 Å². The Morgan fingerprint density at radius 2 is 1.33 bits per heavy atom. The van der Waals surface area contributed by atoms with Gasteiger partial charge in [-0.25, -0.2) is 9.97 Å². The Bertz CT molecular complexity index is 916. The van der Waals surface area contributed by atoms with Crippen LogP contribution in [0.2, 0.25) is 0 Å². The van der Waals surface area contributed by atoms with Crippen LogP contribution in [0.5, 0.6) is 0 Å². The van der Waals surface area contributed by atoms with Crippen LogP contribution in [0.4, 0.5) is 11.6 Å². The van der Waals surface area contributed by atoms with Crippen LogP contribution in [0.3, 0.4) is 0 Å². The lowest BCUT2D eigenvalue weighted by molar-refractivity contribution is 0.313. The number of piperazine rings is 1. The van der Waals surface area contributed by atoms with Crippen molar-refractivity contribution in [2.45, 2.75) is 0 Å². The van der Waals surface area contributed by atoms with Gasteiger partial charge in [0.15, 0.2) is 0 Å². The van der Waals surface area contributed by atoms with Gasteiger partial charge in [0.05, 0.1) is 11.4 Å². The molecule has 1 aromatic heterocycles. The second-order valence-corrected chi connectivity index (χ2v) is 7.76. The molecule has 0 atom stereocenters. The summed E-state index contributed by atoms with van der Waals surface area (Å²) in [5.41, 5.74) is 11.0. The van der Waals surface area contributed by atoms with E-state index in [0.717, 1.165) is 53.2 Å². The Labute approximate surface area is 168 Å². The molecule has 4 rings (SSSR count). The van der Waals surface area contributed by atoms with Gasteiger partial charge in [0.2, 0.25) is 5.95 Å². The monoisotopic (exact) mass is 423 g/mol. The van der Waals surface area contributed by atoms with Crippen molar-refractivity contribution in [3.63, 3.8) is 0 Å². The molecule has 0 aliphatic carbocycles. The number of likely N-dealkylation sites (N-methyl/N-ethyl adjacent to an activating group) is 1. The predicted octanol–water partition coefficient (Wildman–Crippen LogP) is 3.91. The Kier molecular flexibility index (Phi) is 5.09. The summed E-state index contributed by atoms with van der Waals surface area (Å²) in [6, 6.07) is 18.6. The minimum Gasteiger partial charge on any atom is -0.369 e. The Morgan fingerprint density at radius 3 is 1.89 bits per heavy atom. The molecule has 0 amide bonds. The fourth-order valence-corrected chi connectivity index (χ4v) is 3.55. The summed E-state index contributed by atoms with van der Waals surface area (Å²) in [7, 11) is 2.17. The second-order valence-electron chi connectivity index (χ2n) is 6.84. The first kappa shape index (κ1) is 17.9. The number of nitrogens with zero attached hydrogens (tertiary/aromatic N) is 4. The molecule has 2 N–H and O–H groups in total. The Morgan fingerprint density at radius 1 is 0.815 bits per heavy atom. The molecule has 27 heavy (non-hydrogen) atoms. The van der Waals surface area contributed by atoms with E-state index in [1.54, 1.807) is 0 Å². The van der Waals surface area contributed by atoms with Crippen LogP contribution >= 0.6 is 15.9 Å². The van der Waals surface area contributed by atoms with Crippen molar-refractivity contribution in [3.8, 4) is 22.5 Å². The number of hydrogen-bond donors (Lipinski definition) is 1. The first-order valence-electron chi connectivity index (χ1n) is 9.03. The highest BCUT2D eigenvalue weighted by Gasteiger charge is 2.14. The molecule has 138 valence electrons. The number of hydrogen-bond acceptors (Lipinski definition) is 5. The fraction of sp³-hybridized carbons (Fsp3) is 0.238. The van der Waals surface area contributed by atoms with Crippen molar-refractivity contribution >= 4 is 27.6 Å². The zero-order valence-corrected chi connectivity index (χ0v) is 16.9. The summed E-state index contributed by atoms with van der Waals surface area (Å²) >= 11 is 3.46. The molecule has 2 aromatic carbocycles. The van der Waals surface area contributed by atoms with Crippen molar-refractivity contribution in [2.24, 2.45) is 0 Å². The van der Waals surface area contributed by atoms with E-state index in [-0.39, 0.29) is 5.95 Å². The summed E-state index contributed by atoms with van der Waals surface area (Å²) in [4.78, 5) is 13.6. The Hall–Kier alpha value is -2.44. The van der Waals surface area contributed by atoms with E-state index in [2.05, 4.69) is 67.0 Å². The highest BCUT2D eigenvalue weighted by molar-refractivity contribution is 9.10. The predicted molar refractivity (Wildman–Crippen MR) is 115 cm³/mol. The first-order chi connectivity index (χ1) is 13.1. The van der Waals surface area contributed by atoms with Gasteiger partial charge in [-0.05, 0) is 37.4 Å². The van der Waals surface area contributed by atoms with Crippen molar-refractivity contribution < 1.29 is 0 Å². The van der Waals surface area contributed by atoms with Crippen molar-refractivity contribution in [2.75, 3.05) is 43.9 Å². The molecule has 5 nitrogen and oxygen atoms in total. The molecular weight excluding hydrogens is 402 g/mol. The van der Waals surface area contributed by atoms with Crippen LogP contribution in [0.15, 0.2) is 59.1 Å². The molecule has 1 aliphatic heterocycles. The van der Waals surface area contributed by atoms with Crippen molar-refractivity contribution in [1.82, 2.24) is 14.9 Å². The minimum absolute atomic E-state index is 0.286. The summed E-state index contributed by atoms with van der Waals surface area (Å²) < 4.78 is 1.04. The maximum atomic E-state index is 5.98. The minimum atomic E-state index is 0.286. The van der Waals surface area contributed by atoms with E-state index in [0.29, 0.717) is 0 Å². The zero-order valence-electron chi connectivity index (χ0n) is 15.3. The summed E-state index contributed by atoms with van der Waals surface area (Å²) in [6.07, 6.45) is 0. The van der Waals surface area contributed by atoms with Crippen LogP contribution in [0.25, 0.3) is 22.5 Å². The molecule has 0 spiro atoms. The molecule has 0 saturated carbocycles. The third-order valence-corrected chi connectivity index (χ3v) is 5.44. The van der Waals surface area contributed by atoms with E-state index in [4.69, 9.17) is 5.73 Å². The molecule has 2 heterocycles. The summed E-state index contributed by atoms with van der Waals surface area (Å²) in [6.45, 7) is 4.32. The molecule has 0 unspecified atom stereocenters. The number of nitrogen functional groups attached to an aromatic ring is 1. The highest BCUT2D eigenvalue weighted by atomic mass is 79.9. The van der Waals surface area contributed by atoms with Gasteiger partial charge < -0.3 is 15.5 Å². The van der Waals surface area contributed by atoms with E-state index in [1.807, 2.05) is 30.3 Å². The van der Waals surface area contributed by atoms with Crippen LogP contribution in [-0.2, 0) is 0 Å². The molecule has 0 radical (unpaired) electrons. The first-order valence-corrected chi connectivity index (χ1v) is 9.82. The van der Waals surface area contributed by atoms with Gasteiger partial charge >= 0.3 is 0 Å². The average Bonchev–Trinajstić information content (AvgIpc) is 2.69. The average molecular weight is 424 g/mol. The quantitative estimate of drug-likeness (QED) is 0.691. The van der Waals surface area contributed by atoms with Gasteiger partial charge in [-0.3, -0.25) is 0 Å². The molecule has 1 saturated heterocycles. The normalized spacial score (nSPS) is 15.1. The molecule has 1 aliphatic rings. The van der Waals surface area contributed by atoms with Gasteiger partial charge in [-0.1, -0.05) is 40.2 Å². The van der Waals surface area contributed by atoms with E-state index >= 15 is 0 Å². The topological polar surface area (TPSA) is 58.3 Å². The SMILES string of the molecule is CN1CCN(c2ccc(-c3cc(-c4ccc(Br)cc4)nc(N)n3)cc2)CC1. The number of nitrogens with two attached hydrogens (primary N) is 1. The van der Waals surface area contributed by atoms with Crippen molar-refractivity contribution in [3.05, 3.63) is 59.1 Å². The third-order valence-electron chi connectivity index (χ3n) is 4.91. The summed E-state index contributed by atoms with van der Waals surface area (Å²) in [5, 5.41) is 0. The number of benzene rings is 2. The zero-order chi connectivity index (χ0) is 18.8. The van der Waals surface area contributed by atoms with Gasteiger partial charge in [0.25, 0.3) is 0 Å². The molecule has 1 fully saturated rings. The van der Waals surface area contributed by atoms with Crippen LogP contribution in [0.1, 0.15) is 0 Å². The molecule has 6 heteroatoms. The number of rotatable bonds is 3. The second kappa shape index (κ2) is 7.66. The maximum absolute atomic E-state index is 5.98. The Balaban J connectivity index is 1.60. The lowest BCUT2D eigenvalue weighted by Crippen LogP contribution is -2.44. The van der Waals surface area contributed by atoms with E-state index in [1.165, 1.54) is 5.69 Å². The van der Waals surface area contributed by atoms with E-state index in [9.17, 15) is 0 Å². The van der Waals surface area contributed by atoms with Gasteiger partial charge in [0, 0.05) is 47.5 Å². The summed E-state index contributed by atoms with van der Waals surface area (Å²) in [5.74, 6) is 0.286. The lowest BCUT2D eigenvalue weighted by atomic mass is 10.1. The molecule has 0 bridgehead atoms. The standard InChI is InChI=1S/C21H22BrN5/c1-26-10-12-27(13-11-26)18-8-4-16(5-9-18)20-14-19(24-21(23)25-20)15-2-6-17(22)7-3-15/h2-9,14H,10-13H2,1H3,(H2,23,24,25). The third kappa shape index (κ3) is 4.12. The van der Waals surface area contributed by atoms with Crippen LogP contribution < -0.4 is 10.6 Å². The van der Waals surface area contributed by atoms with Gasteiger partial charge in [-0.15, -0.1) is 0 Å². The largest absolute Gasteiger partial charge is 0.369 e. The van der Waals surface area contributed by atoms with E-state index < -0.39 is 0 Å². The smallest absolute Gasteiger partial charge is 0.221 e. The van der Waals surface area contributed by atoms with Crippen molar-refractivity contribution in [1.29, 1.82) is 0 Å². The highest BCUT2D eigenvalue weighted by Crippen LogP contribution is 2.27. The van der Waals surface area contributed by atoms with Gasteiger partial charge in [-0.2, -0.15) is 0 Å². The van der Waals surface area contributed by atoms with Crippen LogP contribution in [0, 0.1) is 0 Å². The number of halogens is 1. The molecule has 3 aromatic rings. The number of anilines is 2. The molecular formula is C21H22BrN5. The lowest BCUT2D eigenvalue weighted by Gasteiger charge is -2.34.